The largest absolute Gasteiger partial charge is 0.478 e. The lowest BCUT2D eigenvalue weighted by atomic mass is 10.1. The van der Waals surface area contributed by atoms with Crippen LogP contribution in [0.4, 0.5) is 0 Å². The molecule has 2 aromatic rings. The van der Waals surface area contributed by atoms with Gasteiger partial charge in [0.15, 0.2) is 0 Å². The molecule has 0 saturated carbocycles. The number of carbonyl (C=O) groups excluding carboxylic acids is 1. The molecule has 0 aliphatic rings. The first-order valence-corrected chi connectivity index (χ1v) is 10.0. The Morgan fingerprint density at radius 2 is 1.63 bits per heavy atom. The van der Waals surface area contributed by atoms with E-state index in [9.17, 15) is 18.0 Å². The number of sulfonamides is 1. The molecule has 0 fully saturated rings. The van der Waals surface area contributed by atoms with Crippen molar-refractivity contribution in [1.29, 1.82) is 0 Å². The third-order valence-corrected chi connectivity index (χ3v) is 5.21. The standard InChI is InChI=1S/C19H22N2O5S/c1-13(2)21-27(25,26)12-17-7-4-3-6-16(17)11-20-18(22)14-8-5-9-15(10-14)19(23)24/h3-10,13,21H,11-12H2,1-2H3,(H,20,22)(H,23,24). The molecule has 0 bridgehead atoms. The molecular formula is C19H22N2O5S. The smallest absolute Gasteiger partial charge is 0.335 e. The van der Waals surface area contributed by atoms with E-state index in [1.165, 1.54) is 24.3 Å². The van der Waals surface area contributed by atoms with Crippen LogP contribution in [0.5, 0.6) is 0 Å². The van der Waals surface area contributed by atoms with Crippen LogP contribution in [-0.2, 0) is 22.3 Å². The molecule has 0 radical (unpaired) electrons. The molecule has 0 heterocycles. The molecular weight excluding hydrogens is 368 g/mol. The van der Waals surface area contributed by atoms with Gasteiger partial charge < -0.3 is 10.4 Å². The van der Waals surface area contributed by atoms with Crippen LogP contribution in [0.25, 0.3) is 0 Å². The first-order valence-electron chi connectivity index (χ1n) is 8.36. The minimum atomic E-state index is -3.49. The Morgan fingerprint density at radius 3 is 2.26 bits per heavy atom. The molecule has 0 spiro atoms. The van der Waals surface area contributed by atoms with Gasteiger partial charge in [-0.1, -0.05) is 30.3 Å². The summed E-state index contributed by atoms with van der Waals surface area (Å²) >= 11 is 0. The van der Waals surface area contributed by atoms with Gasteiger partial charge in [0, 0.05) is 18.2 Å². The second-order valence-corrected chi connectivity index (χ2v) is 8.12. The molecule has 8 heteroatoms. The van der Waals surface area contributed by atoms with Crippen LogP contribution in [0, 0.1) is 0 Å². The summed E-state index contributed by atoms with van der Waals surface area (Å²) in [5, 5.41) is 11.7. The van der Waals surface area contributed by atoms with Crippen LogP contribution in [0.1, 0.15) is 45.7 Å². The first-order chi connectivity index (χ1) is 12.7. The fourth-order valence-corrected chi connectivity index (χ4v) is 4.04. The number of amides is 1. The van der Waals surface area contributed by atoms with Crippen LogP contribution in [0.3, 0.4) is 0 Å². The van der Waals surface area contributed by atoms with E-state index in [-0.39, 0.29) is 29.5 Å². The molecule has 0 atom stereocenters. The highest BCUT2D eigenvalue weighted by Gasteiger charge is 2.16. The van der Waals surface area contributed by atoms with E-state index in [1.54, 1.807) is 38.1 Å². The average molecular weight is 390 g/mol. The van der Waals surface area contributed by atoms with Crippen molar-refractivity contribution < 1.29 is 23.1 Å². The van der Waals surface area contributed by atoms with Crippen LogP contribution >= 0.6 is 0 Å². The Morgan fingerprint density at radius 1 is 1.00 bits per heavy atom. The second-order valence-electron chi connectivity index (χ2n) is 6.37. The van der Waals surface area contributed by atoms with E-state index in [0.717, 1.165) is 0 Å². The Bertz CT molecular complexity index is 939. The second kappa shape index (κ2) is 8.79. The van der Waals surface area contributed by atoms with E-state index < -0.39 is 21.9 Å². The molecule has 0 aliphatic heterocycles. The summed E-state index contributed by atoms with van der Waals surface area (Å²) in [5.74, 6) is -1.74. The third-order valence-electron chi connectivity index (χ3n) is 3.69. The highest BCUT2D eigenvalue weighted by atomic mass is 32.2. The van der Waals surface area contributed by atoms with Crippen LogP contribution in [-0.4, -0.2) is 31.4 Å². The van der Waals surface area contributed by atoms with Gasteiger partial charge in [0.25, 0.3) is 5.91 Å². The summed E-state index contributed by atoms with van der Waals surface area (Å²) in [7, 11) is -3.49. The van der Waals surface area contributed by atoms with Crippen LogP contribution in [0.2, 0.25) is 0 Å². The molecule has 144 valence electrons. The van der Waals surface area contributed by atoms with E-state index >= 15 is 0 Å². The number of hydrogen-bond donors (Lipinski definition) is 3. The van der Waals surface area contributed by atoms with Gasteiger partial charge in [0.2, 0.25) is 10.0 Å². The number of aromatic carboxylic acids is 1. The number of carboxylic acid groups (broad SMARTS) is 1. The Kier molecular flexibility index (Phi) is 6.70. The lowest BCUT2D eigenvalue weighted by Gasteiger charge is -2.13. The minimum absolute atomic E-state index is 0.0221. The molecule has 27 heavy (non-hydrogen) atoms. The van der Waals surface area contributed by atoms with Crippen LogP contribution in [0.15, 0.2) is 48.5 Å². The van der Waals surface area contributed by atoms with Crippen molar-refractivity contribution in [1.82, 2.24) is 10.0 Å². The van der Waals surface area contributed by atoms with Crippen molar-refractivity contribution in [3.63, 3.8) is 0 Å². The lowest BCUT2D eigenvalue weighted by Crippen LogP contribution is -2.32. The van der Waals surface area contributed by atoms with Crippen molar-refractivity contribution in [2.24, 2.45) is 0 Å². The summed E-state index contributed by atoms with van der Waals surface area (Å²) in [5.41, 5.74) is 1.51. The van der Waals surface area contributed by atoms with Gasteiger partial charge in [0.05, 0.1) is 11.3 Å². The Labute approximate surface area is 158 Å². The van der Waals surface area contributed by atoms with Gasteiger partial charge in [-0.3, -0.25) is 4.79 Å². The highest BCUT2D eigenvalue weighted by molar-refractivity contribution is 7.88. The zero-order valence-electron chi connectivity index (χ0n) is 15.1. The SMILES string of the molecule is CC(C)NS(=O)(=O)Cc1ccccc1CNC(=O)c1cccc(C(=O)O)c1. The number of carboxylic acids is 1. The molecule has 0 saturated heterocycles. The number of hydrogen-bond acceptors (Lipinski definition) is 4. The summed E-state index contributed by atoms with van der Waals surface area (Å²) < 4.78 is 26.9. The average Bonchev–Trinajstić information content (AvgIpc) is 2.59. The lowest BCUT2D eigenvalue weighted by molar-refractivity contribution is 0.0697. The third kappa shape index (κ3) is 6.19. The van der Waals surface area contributed by atoms with E-state index in [4.69, 9.17) is 5.11 Å². The Hall–Kier alpha value is -2.71. The van der Waals surface area contributed by atoms with Crippen molar-refractivity contribution in [2.45, 2.75) is 32.2 Å². The normalized spacial score (nSPS) is 11.4. The van der Waals surface area contributed by atoms with Gasteiger partial charge in [-0.2, -0.15) is 0 Å². The summed E-state index contributed by atoms with van der Waals surface area (Å²) in [6.45, 7) is 3.62. The molecule has 1 amide bonds. The van der Waals surface area contributed by atoms with Gasteiger partial charge in [-0.15, -0.1) is 0 Å². The van der Waals surface area contributed by atoms with Crippen molar-refractivity contribution >= 4 is 21.9 Å². The number of nitrogens with one attached hydrogen (secondary N) is 2. The molecule has 3 N–H and O–H groups in total. The summed E-state index contributed by atoms with van der Waals surface area (Å²) in [6.07, 6.45) is 0. The van der Waals surface area contributed by atoms with Gasteiger partial charge in [-0.05, 0) is 43.2 Å². The topological polar surface area (TPSA) is 113 Å². The zero-order valence-corrected chi connectivity index (χ0v) is 15.9. The monoisotopic (exact) mass is 390 g/mol. The highest BCUT2D eigenvalue weighted by Crippen LogP contribution is 2.13. The number of benzene rings is 2. The van der Waals surface area contributed by atoms with Crippen molar-refractivity contribution in [3.05, 3.63) is 70.8 Å². The first kappa shape index (κ1) is 20.6. The minimum Gasteiger partial charge on any atom is -0.478 e. The predicted octanol–water partition coefficient (Wildman–Crippen LogP) is 2.14. The molecule has 2 aromatic carbocycles. The quantitative estimate of drug-likeness (QED) is 0.639. The van der Waals surface area contributed by atoms with Gasteiger partial charge >= 0.3 is 5.97 Å². The van der Waals surface area contributed by atoms with Crippen molar-refractivity contribution in [2.75, 3.05) is 0 Å². The molecule has 0 aromatic heterocycles. The fourth-order valence-electron chi connectivity index (χ4n) is 2.55. The van der Waals surface area contributed by atoms with Gasteiger partial charge in [0.1, 0.15) is 0 Å². The summed E-state index contributed by atoms with van der Waals surface area (Å²) in [4.78, 5) is 23.3. The molecule has 2 rings (SSSR count). The maximum atomic E-state index is 12.3. The zero-order chi connectivity index (χ0) is 20.0. The number of rotatable bonds is 8. The van der Waals surface area contributed by atoms with Crippen molar-refractivity contribution in [3.8, 4) is 0 Å². The predicted molar refractivity (Wildman–Crippen MR) is 102 cm³/mol. The number of carbonyl (C=O) groups is 2. The Balaban J connectivity index is 2.11. The molecule has 0 unspecified atom stereocenters. The van der Waals surface area contributed by atoms with E-state index in [0.29, 0.717) is 11.1 Å². The van der Waals surface area contributed by atoms with Gasteiger partial charge in [-0.25, -0.2) is 17.9 Å². The summed E-state index contributed by atoms with van der Waals surface area (Å²) in [6, 6.07) is 12.5. The van der Waals surface area contributed by atoms with E-state index in [2.05, 4.69) is 10.0 Å². The van der Waals surface area contributed by atoms with E-state index in [1.807, 2.05) is 0 Å². The maximum Gasteiger partial charge on any atom is 0.335 e. The molecule has 0 aliphatic carbocycles. The fraction of sp³-hybridized carbons (Fsp3) is 0.263. The molecule has 7 nitrogen and oxygen atoms in total. The maximum absolute atomic E-state index is 12.3. The van der Waals surface area contributed by atoms with Crippen LogP contribution < -0.4 is 10.0 Å².